The number of aryl methyl sites for hydroxylation is 1. The molecule has 3 aromatic rings. The highest BCUT2D eigenvalue weighted by atomic mass is 32.1. The number of nitrogens with zero attached hydrogens (tertiary/aromatic N) is 1. The van der Waals surface area contributed by atoms with Gasteiger partial charge in [0.15, 0.2) is 0 Å². The van der Waals surface area contributed by atoms with Gasteiger partial charge < -0.3 is 10.6 Å². The minimum absolute atomic E-state index is 0.0819. The molecule has 0 atom stereocenters. The zero-order valence-electron chi connectivity index (χ0n) is 15.8. The molecule has 0 aliphatic heterocycles. The van der Waals surface area contributed by atoms with Gasteiger partial charge in [0.05, 0.1) is 4.70 Å². The number of aromatic nitrogens is 1. The molecule has 144 valence electrons. The van der Waals surface area contributed by atoms with Crippen molar-refractivity contribution in [2.24, 2.45) is 0 Å². The third-order valence-electron chi connectivity index (χ3n) is 5.28. The standard InChI is InChI=1S/C22H23N3O2S/c1-14-11-12-15(21(26)23-16-7-3-2-4-8-16)13-18(14)24-22(27)20-17-9-5-6-10-19(17)28-25-20/h5-6,9-13,16H,2-4,7-8H2,1H3,(H,23,26)(H,24,27). The van der Waals surface area contributed by atoms with Crippen molar-refractivity contribution in [1.82, 2.24) is 9.69 Å². The first kappa shape index (κ1) is 18.6. The minimum Gasteiger partial charge on any atom is -0.349 e. The van der Waals surface area contributed by atoms with E-state index >= 15 is 0 Å². The fourth-order valence-electron chi connectivity index (χ4n) is 3.64. The van der Waals surface area contributed by atoms with Crippen LogP contribution >= 0.6 is 11.5 Å². The summed E-state index contributed by atoms with van der Waals surface area (Å²) in [6.07, 6.45) is 5.66. The highest BCUT2D eigenvalue weighted by Crippen LogP contribution is 2.25. The largest absolute Gasteiger partial charge is 0.349 e. The number of rotatable bonds is 4. The summed E-state index contributed by atoms with van der Waals surface area (Å²) in [6.45, 7) is 1.91. The summed E-state index contributed by atoms with van der Waals surface area (Å²) >= 11 is 1.31. The summed E-state index contributed by atoms with van der Waals surface area (Å²) < 4.78 is 5.28. The van der Waals surface area contributed by atoms with Crippen LogP contribution in [0.2, 0.25) is 0 Å². The van der Waals surface area contributed by atoms with Crippen LogP contribution in [0.5, 0.6) is 0 Å². The molecule has 0 unspecified atom stereocenters. The lowest BCUT2D eigenvalue weighted by Gasteiger charge is -2.23. The number of fused-ring (bicyclic) bond motifs is 1. The van der Waals surface area contributed by atoms with Crippen molar-refractivity contribution in [2.75, 3.05) is 5.32 Å². The molecule has 1 fully saturated rings. The molecule has 5 nitrogen and oxygen atoms in total. The third kappa shape index (κ3) is 3.92. The molecule has 1 aliphatic carbocycles. The Bertz CT molecular complexity index is 1020. The molecule has 0 radical (unpaired) electrons. The van der Waals surface area contributed by atoms with Crippen LogP contribution in [0.25, 0.3) is 10.1 Å². The number of hydrogen-bond acceptors (Lipinski definition) is 4. The smallest absolute Gasteiger partial charge is 0.276 e. The van der Waals surface area contributed by atoms with E-state index in [1.807, 2.05) is 37.3 Å². The van der Waals surface area contributed by atoms with E-state index in [9.17, 15) is 9.59 Å². The molecule has 1 aliphatic rings. The van der Waals surface area contributed by atoms with Gasteiger partial charge in [0.1, 0.15) is 5.69 Å². The van der Waals surface area contributed by atoms with Crippen LogP contribution in [0, 0.1) is 6.92 Å². The molecular weight excluding hydrogens is 370 g/mol. The average Bonchev–Trinajstić information content (AvgIpc) is 3.14. The number of carbonyl (C=O) groups excluding carboxylic acids is 2. The predicted molar refractivity (Wildman–Crippen MR) is 113 cm³/mol. The lowest BCUT2D eigenvalue weighted by atomic mass is 9.95. The monoisotopic (exact) mass is 393 g/mol. The Balaban J connectivity index is 1.52. The van der Waals surface area contributed by atoms with E-state index in [0.29, 0.717) is 16.9 Å². The van der Waals surface area contributed by atoms with Crippen molar-refractivity contribution in [3.8, 4) is 0 Å². The van der Waals surface area contributed by atoms with Gasteiger partial charge in [-0.05, 0) is 55.1 Å². The van der Waals surface area contributed by atoms with Crippen molar-refractivity contribution in [3.05, 3.63) is 59.3 Å². The van der Waals surface area contributed by atoms with E-state index in [1.54, 1.807) is 12.1 Å². The maximum atomic E-state index is 12.8. The minimum atomic E-state index is -0.259. The fraction of sp³-hybridized carbons (Fsp3) is 0.318. The summed E-state index contributed by atoms with van der Waals surface area (Å²) in [5, 5.41) is 6.89. The highest BCUT2D eigenvalue weighted by molar-refractivity contribution is 7.13. The van der Waals surface area contributed by atoms with E-state index in [0.717, 1.165) is 28.5 Å². The lowest BCUT2D eigenvalue weighted by Crippen LogP contribution is -2.36. The molecule has 4 rings (SSSR count). The van der Waals surface area contributed by atoms with Gasteiger partial charge in [0.25, 0.3) is 11.8 Å². The number of anilines is 1. The first-order valence-corrected chi connectivity index (χ1v) is 10.5. The van der Waals surface area contributed by atoms with Crippen LogP contribution in [-0.2, 0) is 0 Å². The van der Waals surface area contributed by atoms with Gasteiger partial charge in [-0.3, -0.25) is 9.59 Å². The zero-order chi connectivity index (χ0) is 19.5. The second kappa shape index (κ2) is 8.10. The Morgan fingerprint density at radius 3 is 2.64 bits per heavy atom. The second-order valence-corrected chi connectivity index (χ2v) is 8.12. The van der Waals surface area contributed by atoms with Crippen molar-refractivity contribution >= 4 is 39.1 Å². The van der Waals surface area contributed by atoms with Crippen molar-refractivity contribution < 1.29 is 9.59 Å². The first-order chi connectivity index (χ1) is 13.6. The maximum Gasteiger partial charge on any atom is 0.276 e. The summed E-state index contributed by atoms with van der Waals surface area (Å²) in [5.74, 6) is -0.341. The predicted octanol–water partition coefficient (Wildman–Crippen LogP) is 4.92. The van der Waals surface area contributed by atoms with Crippen LogP contribution in [0.15, 0.2) is 42.5 Å². The van der Waals surface area contributed by atoms with Gasteiger partial charge >= 0.3 is 0 Å². The van der Waals surface area contributed by atoms with Gasteiger partial charge in [-0.15, -0.1) is 0 Å². The summed E-state index contributed by atoms with van der Waals surface area (Å²) in [5.41, 5.74) is 2.52. The Morgan fingerprint density at radius 1 is 1.04 bits per heavy atom. The normalized spacial score (nSPS) is 14.8. The summed E-state index contributed by atoms with van der Waals surface area (Å²) in [7, 11) is 0. The van der Waals surface area contributed by atoms with Gasteiger partial charge in [-0.1, -0.05) is 43.5 Å². The number of nitrogens with one attached hydrogen (secondary N) is 2. The Labute approximate surface area is 168 Å². The quantitative estimate of drug-likeness (QED) is 0.661. The molecule has 0 spiro atoms. The Kier molecular flexibility index (Phi) is 5.39. The van der Waals surface area contributed by atoms with E-state index < -0.39 is 0 Å². The molecule has 0 bridgehead atoms. The van der Waals surface area contributed by atoms with E-state index in [4.69, 9.17) is 0 Å². The topological polar surface area (TPSA) is 71.1 Å². The molecule has 6 heteroatoms. The van der Waals surface area contributed by atoms with Gasteiger partial charge in [-0.2, -0.15) is 4.37 Å². The third-order valence-corrected chi connectivity index (χ3v) is 6.11. The summed E-state index contributed by atoms with van der Waals surface area (Å²) in [4.78, 5) is 25.4. The Morgan fingerprint density at radius 2 is 1.82 bits per heavy atom. The van der Waals surface area contributed by atoms with E-state index in [2.05, 4.69) is 15.0 Å². The van der Waals surface area contributed by atoms with Crippen molar-refractivity contribution in [3.63, 3.8) is 0 Å². The van der Waals surface area contributed by atoms with Crippen molar-refractivity contribution in [2.45, 2.75) is 45.1 Å². The number of benzene rings is 2. The molecule has 0 saturated heterocycles. The van der Waals surface area contributed by atoms with Gasteiger partial charge in [0.2, 0.25) is 0 Å². The second-order valence-electron chi connectivity index (χ2n) is 7.32. The van der Waals surface area contributed by atoms with E-state index in [1.165, 1.54) is 30.8 Å². The lowest BCUT2D eigenvalue weighted by molar-refractivity contribution is 0.0926. The van der Waals surface area contributed by atoms with Crippen LogP contribution < -0.4 is 10.6 Å². The van der Waals surface area contributed by atoms with Crippen molar-refractivity contribution in [1.29, 1.82) is 0 Å². The molecule has 1 saturated carbocycles. The first-order valence-electron chi connectivity index (χ1n) is 9.69. The van der Waals surface area contributed by atoms with E-state index in [-0.39, 0.29) is 17.9 Å². The SMILES string of the molecule is Cc1ccc(C(=O)NC2CCCCC2)cc1NC(=O)c1nsc2ccccc12. The number of carbonyl (C=O) groups is 2. The molecule has 1 aromatic heterocycles. The molecule has 2 N–H and O–H groups in total. The van der Waals surface area contributed by atoms with Gasteiger partial charge in [0, 0.05) is 22.7 Å². The fourth-order valence-corrected chi connectivity index (χ4v) is 4.42. The van der Waals surface area contributed by atoms with Gasteiger partial charge in [-0.25, -0.2) is 0 Å². The van der Waals surface area contributed by atoms with Crippen LogP contribution in [-0.4, -0.2) is 22.2 Å². The highest BCUT2D eigenvalue weighted by Gasteiger charge is 2.19. The number of amides is 2. The van der Waals surface area contributed by atoms with Crippen LogP contribution in [0.4, 0.5) is 5.69 Å². The van der Waals surface area contributed by atoms with Crippen LogP contribution in [0.3, 0.4) is 0 Å². The summed E-state index contributed by atoms with van der Waals surface area (Å²) in [6, 6.07) is 13.4. The zero-order valence-corrected chi connectivity index (χ0v) is 16.6. The molecule has 28 heavy (non-hydrogen) atoms. The maximum absolute atomic E-state index is 12.8. The average molecular weight is 394 g/mol. The molecule has 1 heterocycles. The molecule has 2 aromatic carbocycles. The molecule has 2 amide bonds. The molecular formula is C22H23N3O2S. The number of hydrogen-bond donors (Lipinski definition) is 2. The Hall–Kier alpha value is -2.73. The van der Waals surface area contributed by atoms with Crippen LogP contribution in [0.1, 0.15) is 58.5 Å².